The minimum absolute atomic E-state index is 0.468. The third-order valence-electron chi connectivity index (χ3n) is 4.78. The molecule has 1 aliphatic heterocycles. The van der Waals surface area contributed by atoms with E-state index in [1.807, 2.05) is 30.3 Å². The summed E-state index contributed by atoms with van der Waals surface area (Å²) in [6, 6.07) is 13.6. The Morgan fingerprint density at radius 1 is 0.828 bits per heavy atom. The number of nitrogens with one attached hydrogen (secondary N) is 2. The van der Waals surface area contributed by atoms with Crippen LogP contribution in [0.3, 0.4) is 0 Å². The van der Waals surface area contributed by atoms with Gasteiger partial charge >= 0.3 is 0 Å². The SMILES string of the molecule is Cc1ccc(Nc2nc(Nc3ccc(Cl)cc3)nc(N3CCOCC3)n2)cc1C. The van der Waals surface area contributed by atoms with Crippen molar-refractivity contribution in [1.82, 2.24) is 15.0 Å². The minimum atomic E-state index is 0.468. The summed E-state index contributed by atoms with van der Waals surface area (Å²) in [5, 5.41) is 7.22. The fourth-order valence-corrected chi connectivity index (χ4v) is 3.12. The largest absolute Gasteiger partial charge is 0.378 e. The van der Waals surface area contributed by atoms with Gasteiger partial charge in [-0.05, 0) is 61.4 Å². The number of ether oxygens (including phenoxy) is 1. The zero-order chi connectivity index (χ0) is 20.2. The Hall–Kier alpha value is -2.90. The zero-order valence-corrected chi connectivity index (χ0v) is 17.2. The first-order valence-corrected chi connectivity index (χ1v) is 9.90. The number of rotatable bonds is 5. The van der Waals surface area contributed by atoms with E-state index >= 15 is 0 Å². The molecule has 3 aromatic rings. The third kappa shape index (κ3) is 4.93. The number of nitrogens with zero attached hydrogens (tertiary/aromatic N) is 4. The molecule has 29 heavy (non-hydrogen) atoms. The van der Waals surface area contributed by atoms with E-state index in [0.29, 0.717) is 36.1 Å². The number of hydrogen-bond donors (Lipinski definition) is 2. The molecular weight excluding hydrogens is 388 g/mol. The molecule has 1 aromatic heterocycles. The normalized spacial score (nSPS) is 14.0. The van der Waals surface area contributed by atoms with Crippen LogP contribution in [0.5, 0.6) is 0 Å². The molecule has 4 rings (SSSR count). The van der Waals surface area contributed by atoms with E-state index in [1.165, 1.54) is 11.1 Å². The summed E-state index contributed by atoms with van der Waals surface area (Å²) in [5.74, 6) is 1.57. The molecule has 7 nitrogen and oxygen atoms in total. The van der Waals surface area contributed by atoms with Gasteiger partial charge in [0.1, 0.15) is 0 Å². The molecule has 1 fully saturated rings. The highest BCUT2D eigenvalue weighted by atomic mass is 35.5. The predicted molar refractivity (Wildman–Crippen MR) is 117 cm³/mol. The lowest BCUT2D eigenvalue weighted by Crippen LogP contribution is -2.37. The standard InChI is InChI=1S/C21H23ClN6O/c1-14-3-6-18(13-15(14)2)24-20-25-19(23-17-7-4-16(22)5-8-17)26-21(27-20)28-9-11-29-12-10-28/h3-8,13H,9-12H2,1-2H3,(H2,23,24,25,26,27). The van der Waals surface area contributed by atoms with Gasteiger partial charge in [-0.3, -0.25) is 0 Å². The van der Waals surface area contributed by atoms with Crippen molar-refractivity contribution in [3.8, 4) is 0 Å². The number of halogens is 1. The molecule has 0 atom stereocenters. The van der Waals surface area contributed by atoms with Crippen molar-refractivity contribution in [2.75, 3.05) is 41.8 Å². The van der Waals surface area contributed by atoms with Crippen LogP contribution in [0.4, 0.5) is 29.2 Å². The predicted octanol–water partition coefficient (Wildman–Crippen LogP) is 4.47. The van der Waals surface area contributed by atoms with Crippen LogP contribution in [0.15, 0.2) is 42.5 Å². The highest BCUT2D eigenvalue weighted by molar-refractivity contribution is 6.30. The molecule has 0 amide bonds. The van der Waals surface area contributed by atoms with E-state index in [-0.39, 0.29) is 0 Å². The van der Waals surface area contributed by atoms with Crippen LogP contribution in [-0.2, 0) is 4.74 Å². The Labute approximate surface area is 175 Å². The number of anilines is 5. The highest BCUT2D eigenvalue weighted by Crippen LogP contribution is 2.23. The van der Waals surface area contributed by atoms with E-state index < -0.39 is 0 Å². The molecule has 8 heteroatoms. The first-order chi connectivity index (χ1) is 14.1. The average Bonchev–Trinajstić information content (AvgIpc) is 2.73. The number of morpholine rings is 1. The van der Waals surface area contributed by atoms with Crippen LogP contribution in [0, 0.1) is 13.8 Å². The van der Waals surface area contributed by atoms with E-state index in [0.717, 1.165) is 24.5 Å². The van der Waals surface area contributed by atoms with Crippen molar-refractivity contribution in [3.63, 3.8) is 0 Å². The molecule has 0 spiro atoms. The number of benzene rings is 2. The van der Waals surface area contributed by atoms with Gasteiger partial charge in [0.25, 0.3) is 0 Å². The lowest BCUT2D eigenvalue weighted by atomic mass is 10.1. The van der Waals surface area contributed by atoms with Crippen LogP contribution in [0.2, 0.25) is 5.02 Å². The van der Waals surface area contributed by atoms with Gasteiger partial charge in [-0.2, -0.15) is 15.0 Å². The van der Waals surface area contributed by atoms with Gasteiger partial charge in [0, 0.05) is 29.5 Å². The van der Waals surface area contributed by atoms with Crippen molar-refractivity contribution in [2.45, 2.75) is 13.8 Å². The molecule has 2 N–H and O–H groups in total. The summed E-state index contributed by atoms with van der Waals surface area (Å²) in [7, 11) is 0. The summed E-state index contributed by atoms with van der Waals surface area (Å²) in [6.45, 7) is 6.98. The van der Waals surface area contributed by atoms with Gasteiger partial charge < -0.3 is 20.3 Å². The molecule has 0 radical (unpaired) electrons. The second kappa shape index (κ2) is 8.63. The van der Waals surface area contributed by atoms with Gasteiger partial charge in [-0.25, -0.2) is 0 Å². The second-order valence-corrected chi connectivity index (χ2v) is 7.37. The van der Waals surface area contributed by atoms with Crippen molar-refractivity contribution in [2.24, 2.45) is 0 Å². The Bertz CT molecular complexity index is 989. The lowest BCUT2D eigenvalue weighted by Gasteiger charge is -2.27. The topological polar surface area (TPSA) is 75.2 Å². The van der Waals surface area contributed by atoms with Gasteiger partial charge in [-0.1, -0.05) is 17.7 Å². The Morgan fingerprint density at radius 2 is 1.45 bits per heavy atom. The Kier molecular flexibility index (Phi) is 5.78. The molecule has 1 saturated heterocycles. The number of aryl methyl sites for hydroxylation is 2. The highest BCUT2D eigenvalue weighted by Gasteiger charge is 2.17. The summed E-state index contributed by atoms with van der Waals surface area (Å²) < 4.78 is 5.45. The summed E-state index contributed by atoms with van der Waals surface area (Å²) in [4.78, 5) is 15.9. The summed E-state index contributed by atoms with van der Waals surface area (Å²) in [6.07, 6.45) is 0. The first kappa shape index (κ1) is 19.4. The van der Waals surface area contributed by atoms with E-state index in [4.69, 9.17) is 16.3 Å². The van der Waals surface area contributed by atoms with Gasteiger partial charge in [-0.15, -0.1) is 0 Å². The van der Waals surface area contributed by atoms with Crippen LogP contribution in [0.25, 0.3) is 0 Å². The van der Waals surface area contributed by atoms with Crippen LogP contribution in [0.1, 0.15) is 11.1 Å². The third-order valence-corrected chi connectivity index (χ3v) is 5.03. The Balaban J connectivity index is 1.64. The monoisotopic (exact) mass is 410 g/mol. The molecular formula is C21H23ClN6O. The molecule has 0 unspecified atom stereocenters. The van der Waals surface area contributed by atoms with Crippen molar-refractivity contribution in [1.29, 1.82) is 0 Å². The van der Waals surface area contributed by atoms with Crippen molar-refractivity contribution in [3.05, 3.63) is 58.6 Å². The fraction of sp³-hybridized carbons (Fsp3) is 0.286. The van der Waals surface area contributed by atoms with Gasteiger partial charge in [0.15, 0.2) is 0 Å². The van der Waals surface area contributed by atoms with Gasteiger partial charge in [0.2, 0.25) is 17.8 Å². The van der Waals surface area contributed by atoms with E-state index in [9.17, 15) is 0 Å². The van der Waals surface area contributed by atoms with Gasteiger partial charge in [0.05, 0.1) is 13.2 Å². The lowest BCUT2D eigenvalue weighted by molar-refractivity contribution is 0.122. The molecule has 1 aliphatic rings. The molecule has 150 valence electrons. The summed E-state index contributed by atoms with van der Waals surface area (Å²) >= 11 is 5.98. The minimum Gasteiger partial charge on any atom is -0.378 e. The van der Waals surface area contributed by atoms with Crippen molar-refractivity contribution >= 4 is 40.8 Å². The maximum Gasteiger partial charge on any atom is 0.233 e. The van der Waals surface area contributed by atoms with E-state index in [2.05, 4.69) is 56.5 Å². The smallest absolute Gasteiger partial charge is 0.233 e. The van der Waals surface area contributed by atoms with Crippen LogP contribution < -0.4 is 15.5 Å². The zero-order valence-electron chi connectivity index (χ0n) is 16.4. The molecule has 0 saturated carbocycles. The maximum absolute atomic E-state index is 5.98. The summed E-state index contributed by atoms with van der Waals surface area (Å²) in [5.41, 5.74) is 4.23. The number of aromatic nitrogens is 3. The molecule has 2 aromatic carbocycles. The maximum atomic E-state index is 5.98. The van der Waals surface area contributed by atoms with Crippen molar-refractivity contribution < 1.29 is 4.74 Å². The van der Waals surface area contributed by atoms with Crippen LogP contribution in [-0.4, -0.2) is 41.3 Å². The number of hydrogen-bond acceptors (Lipinski definition) is 7. The Morgan fingerprint density at radius 3 is 2.10 bits per heavy atom. The van der Waals surface area contributed by atoms with Crippen LogP contribution >= 0.6 is 11.6 Å². The van der Waals surface area contributed by atoms with E-state index in [1.54, 1.807) is 0 Å². The molecule has 0 aliphatic carbocycles. The average molecular weight is 411 g/mol. The quantitative estimate of drug-likeness (QED) is 0.642. The second-order valence-electron chi connectivity index (χ2n) is 6.94. The first-order valence-electron chi connectivity index (χ1n) is 9.52. The molecule has 0 bridgehead atoms. The molecule has 2 heterocycles. The fourth-order valence-electron chi connectivity index (χ4n) is 2.99.